The Kier molecular flexibility index (Phi) is 4.74. The summed E-state index contributed by atoms with van der Waals surface area (Å²) in [7, 11) is 0. The predicted octanol–water partition coefficient (Wildman–Crippen LogP) is 1.93. The standard InChI is InChI=1S/C11H23NO/c1-9-6-4-3-5-7-11(9)12-8-10(2)13/h9-13H,3-8H2,1-2H3. The van der Waals surface area contributed by atoms with Crippen molar-refractivity contribution in [1.82, 2.24) is 5.32 Å². The normalized spacial score (nSPS) is 32.5. The number of hydrogen-bond donors (Lipinski definition) is 2. The minimum absolute atomic E-state index is 0.213. The number of aliphatic hydroxyl groups is 1. The quantitative estimate of drug-likeness (QED) is 0.658. The molecule has 1 fully saturated rings. The van der Waals surface area contributed by atoms with Crippen LogP contribution in [0.5, 0.6) is 0 Å². The molecule has 0 saturated heterocycles. The van der Waals surface area contributed by atoms with E-state index in [4.69, 9.17) is 0 Å². The first-order valence-corrected chi connectivity index (χ1v) is 5.61. The Bertz CT molecular complexity index is 136. The summed E-state index contributed by atoms with van der Waals surface area (Å²) in [6.45, 7) is 4.91. The van der Waals surface area contributed by atoms with Crippen molar-refractivity contribution in [2.45, 2.75) is 58.1 Å². The molecule has 1 saturated carbocycles. The first-order valence-electron chi connectivity index (χ1n) is 5.61. The van der Waals surface area contributed by atoms with E-state index < -0.39 is 0 Å². The molecule has 0 aromatic carbocycles. The van der Waals surface area contributed by atoms with Gasteiger partial charge in [-0.1, -0.05) is 26.2 Å². The van der Waals surface area contributed by atoms with Gasteiger partial charge < -0.3 is 10.4 Å². The Balaban J connectivity index is 2.27. The van der Waals surface area contributed by atoms with Gasteiger partial charge in [-0.2, -0.15) is 0 Å². The van der Waals surface area contributed by atoms with Gasteiger partial charge in [0.2, 0.25) is 0 Å². The fourth-order valence-corrected chi connectivity index (χ4v) is 2.12. The van der Waals surface area contributed by atoms with Crippen LogP contribution in [0.1, 0.15) is 46.0 Å². The van der Waals surface area contributed by atoms with Crippen LogP contribution in [0.15, 0.2) is 0 Å². The third kappa shape index (κ3) is 4.10. The summed E-state index contributed by atoms with van der Waals surface area (Å²) in [6.07, 6.45) is 6.54. The van der Waals surface area contributed by atoms with E-state index in [0.717, 1.165) is 12.5 Å². The van der Waals surface area contributed by atoms with Crippen molar-refractivity contribution in [2.75, 3.05) is 6.54 Å². The molecule has 0 heterocycles. The molecule has 3 atom stereocenters. The lowest BCUT2D eigenvalue weighted by atomic mass is 9.97. The predicted molar refractivity (Wildman–Crippen MR) is 55.7 cm³/mol. The first kappa shape index (κ1) is 11.0. The lowest BCUT2D eigenvalue weighted by Crippen LogP contribution is -2.38. The molecule has 1 aliphatic carbocycles. The van der Waals surface area contributed by atoms with Crippen LogP contribution in [0, 0.1) is 5.92 Å². The zero-order chi connectivity index (χ0) is 9.68. The molecule has 2 N–H and O–H groups in total. The molecule has 0 bridgehead atoms. The summed E-state index contributed by atoms with van der Waals surface area (Å²) < 4.78 is 0. The molecule has 0 radical (unpaired) electrons. The monoisotopic (exact) mass is 185 g/mol. The largest absolute Gasteiger partial charge is 0.392 e. The van der Waals surface area contributed by atoms with E-state index in [0.29, 0.717) is 6.04 Å². The van der Waals surface area contributed by atoms with E-state index in [9.17, 15) is 5.11 Å². The van der Waals surface area contributed by atoms with E-state index in [1.165, 1.54) is 32.1 Å². The Morgan fingerprint density at radius 3 is 2.69 bits per heavy atom. The highest BCUT2D eigenvalue weighted by Crippen LogP contribution is 2.22. The maximum absolute atomic E-state index is 9.18. The smallest absolute Gasteiger partial charge is 0.0636 e. The van der Waals surface area contributed by atoms with E-state index >= 15 is 0 Å². The Morgan fingerprint density at radius 2 is 2.00 bits per heavy atom. The minimum atomic E-state index is -0.213. The molecule has 0 spiro atoms. The number of aliphatic hydroxyl groups excluding tert-OH is 1. The van der Waals surface area contributed by atoms with E-state index in [-0.39, 0.29) is 6.10 Å². The van der Waals surface area contributed by atoms with Crippen LogP contribution in [0.25, 0.3) is 0 Å². The molecule has 3 unspecified atom stereocenters. The van der Waals surface area contributed by atoms with Crippen LogP contribution >= 0.6 is 0 Å². The van der Waals surface area contributed by atoms with Crippen molar-refractivity contribution in [3.63, 3.8) is 0 Å². The van der Waals surface area contributed by atoms with Crippen molar-refractivity contribution in [3.05, 3.63) is 0 Å². The summed E-state index contributed by atoms with van der Waals surface area (Å²) in [5.41, 5.74) is 0. The number of rotatable bonds is 3. The van der Waals surface area contributed by atoms with Gasteiger partial charge in [0, 0.05) is 12.6 Å². The van der Waals surface area contributed by atoms with E-state index in [1.54, 1.807) is 0 Å². The van der Waals surface area contributed by atoms with Crippen molar-refractivity contribution in [3.8, 4) is 0 Å². The molecule has 0 aromatic rings. The number of hydrogen-bond acceptors (Lipinski definition) is 2. The topological polar surface area (TPSA) is 32.3 Å². The summed E-state index contributed by atoms with van der Waals surface area (Å²) in [4.78, 5) is 0. The highest BCUT2D eigenvalue weighted by Gasteiger charge is 2.19. The summed E-state index contributed by atoms with van der Waals surface area (Å²) in [6, 6.07) is 0.636. The minimum Gasteiger partial charge on any atom is -0.392 e. The molecule has 1 rings (SSSR count). The molecular formula is C11H23NO. The van der Waals surface area contributed by atoms with E-state index in [2.05, 4.69) is 12.2 Å². The fourth-order valence-electron chi connectivity index (χ4n) is 2.12. The van der Waals surface area contributed by atoms with Gasteiger partial charge in [0.1, 0.15) is 0 Å². The molecule has 2 heteroatoms. The Morgan fingerprint density at radius 1 is 1.31 bits per heavy atom. The number of nitrogens with one attached hydrogen (secondary N) is 1. The second-order valence-corrected chi connectivity index (χ2v) is 4.48. The average molecular weight is 185 g/mol. The van der Waals surface area contributed by atoms with Crippen LogP contribution < -0.4 is 5.32 Å². The molecule has 0 aromatic heterocycles. The van der Waals surface area contributed by atoms with Gasteiger partial charge in [0.05, 0.1) is 6.10 Å². The van der Waals surface area contributed by atoms with Crippen molar-refractivity contribution in [2.24, 2.45) is 5.92 Å². The van der Waals surface area contributed by atoms with E-state index in [1.807, 2.05) is 6.92 Å². The SMILES string of the molecule is CC(O)CNC1CCCCCC1C. The van der Waals surface area contributed by atoms with Crippen molar-refractivity contribution in [1.29, 1.82) is 0 Å². The lowest BCUT2D eigenvalue weighted by Gasteiger charge is -2.23. The van der Waals surface area contributed by atoms with Gasteiger partial charge in [0.25, 0.3) is 0 Å². The van der Waals surface area contributed by atoms with Crippen LogP contribution in [0.4, 0.5) is 0 Å². The van der Waals surface area contributed by atoms with Gasteiger partial charge in [-0.05, 0) is 25.7 Å². The summed E-state index contributed by atoms with van der Waals surface area (Å²) in [5, 5.41) is 12.6. The second kappa shape index (κ2) is 5.61. The highest BCUT2D eigenvalue weighted by atomic mass is 16.3. The highest BCUT2D eigenvalue weighted by molar-refractivity contribution is 4.77. The Labute approximate surface area is 81.7 Å². The lowest BCUT2D eigenvalue weighted by molar-refractivity contribution is 0.179. The molecule has 1 aliphatic rings. The van der Waals surface area contributed by atoms with Gasteiger partial charge in [-0.3, -0.25) is 0 Å². The molecule has 78 valence electrons. The Hall–Kier alpha value is -0.0800. The van der Waals surface area contributed by atoms with Crippen molar-refractivity contribution >= 4 is 0 Å². The van der Waals surface area contributed by atoms with Crippen LogP contribution in [-0.2, 0) is 0 Å². The molecular weight excluding hydrogens is 162 g/mol. The van der Waals surface area contributed by atoms with Gasteiger partial charge >= 0.3 is 0 Å². The average Bonchev–Trinajstić information content (AvgIpc) is 2.27. The van der Waals surface area contributed by atoms with Crippen LogP contribution in [-0.4, -0.2) is 23.8 Å². The third-order valence-corrected chi connectivity index (χ3v) is 3.04. The zero-order valence-corrected chi connectivity index (χ0v) is 8.92. The van der Waals surface area contributed by atoms with Gasteiger partial charge in [0.15, 0.2) is 0 Å². The first-order chi connectivity index (χ1) is 6.20. The van der Waals surface area contributed by atoms with Gasteiger partial charge in [-0.25, -0.2) is 0 Å². The maximum Gasteiger partial charge on any atom is 0.0636 e. The molecule has 2 nitrogen and oxygen atoms in total. The van der Waals surface area contributed by atoms with Crippen molar-refractivity contribution < 1.29 is 5.11 Å². The molecule has 0 aliphatic heterocycles. The van der Waals surface area contributed by atoms with Crippen LogP contribution in [0.2, 0.25) is 0 Å². The maximum atomic E-state index is 9.18. The summed E-state index contributed by atoms with van der Waals surface area (Å²) in [5.74, 6) is 0.779. The zero-order valence-electron chi connectivity index (χ0n) is 8.92. The fraction of sp³-hybridized carbons (Fsp3) is 1.00. The van der Waals surface area contributed by atoms with Gasteiger partial charge in [-0.15, -0.1) is 0 Å². The second-order valence-electron chi connectivity index (χ2n) is 4.48. The third-order valence-electron chi connectivity index (χ3n) is 3.04. The summed E-state index contributed by atoms with van der Waals surface area (Å²) >= 11 is 0. The molecule has 0 amide bonds. The van der Waals surface area contributed by atoms with Crippen LogP contribution in [0.3, 0.4) is 0 Å². The molecule has 13 heavy (non-hydrogen) atoms.